The van der Waals surface area contributed by atoms with Gasteiger partial charge in [0.05, 0.1) is 12.5 Å². The number of thiophene rings is 1. The molecular weight excluding hydrogens is 248 g/mol. The molecule has 0 aromatic carbocycles. The van der Waals surface area contributed by atoms with Crippen LogP contribution in [0.2, 0.25) is 0 Å². The highest BCUT2D eigenvalue weighted by molar-refractivity contribution is 7.07. The van der Waals surface area contributed by atoms with E-state index in [2.05, 4.69) is 0 Å². The molecule has 2 unspecified atom stereocenters. The SMILES string of the molecule is COC1CCN(C(=O)Cc2ccsc2)C(CN)C1. The molecular formula is C13H20N2O2S. The van der Waals surface area contributed by atoms with Crippen molar-refractivity contribution >= 4 is 17.2 Å². The Hall–Kier alpha value is -0.910. The summed E-state index contributed by atoms with van der Waals surface area (Å²) in [6.45, 7) is 1.26. The zero-order valence-corrected chi connectivity index (χ0v) is 11.5. The first-order chi connectivity index (χ1) is 8.74. The number of nitrogens with two attached hydrogens (primary N) is 1. The highest BCUT2D eigenvalue weighted by Gasteiger charge is 2.30. The van der Waals surface area contributed by atoms with Gasteiger partial charge in [0.1, 0.15) is 0 Å². The van der Waals surface area contributed by atoms with Crippen LogP contribution in [0.5, 0.6) is 0 Å². The summed E-state index contributed by atoms with van der Waals surface area (Å²) in [6, 6.07) is 2.12. The third kappa shape index (κ3) is 3.10. The Morgan fingerprint density at radius 2 is 2.50 bits per heavy atom. The number of piperidine rings is 1. The highest BCUT2D eigenvalue weighted by atomic mass is 32.1. The Bertz CT molecular complexity index is 380. The average molecular weight is 268 g/mol. The summed E-state index contributed by atoms with van der Waals surface area (Å²) in [6.07, 6.45) is 2.48. The second kappa shape index (κ2) is 6.31. The predicted octanol–water partition coefficient (Wildman–Crippen LogP) is 1.26. The van der Waals surface area contributed by atoms with Crippen molar-refractivity contribution < 1.29 is 9.53 Å². The summed E-state index contributed by atoms with van der Waals surface area (Å²) in [4.78, 5) is 14.2. The maximum absolute atomic E-state index is 12.3. The van der Waals surface area contributed by atoms with Crippen LogP contribution in [0.15, 0.2) is 16.8 Å². The number of rotatable bonds is 4. The summed E-state index contributed by atoms with van der Waals surface area (Å²) in [7, 11) is 1.72. The average Bonchev–Trinajstić information content (AvgIpc) is 2.90. The second-order valence-corrected chi connectivity index (χ2v) is 5.45. The Balaban J connectivity index is 1.96. The van der Waals surface area contributed by atoms with Gasteiger partial charge in [-0.2, -0.15) is 11.3 Å². The smallest absolute Gasteiger partial charge is 0.227 e. The summed E-state index contributed by atoms with van der Waals surface area (Å²) in [5, 5.41) is 4.03. The van der Waals surface area contributed by atoms with Crippen molar-refractivity contribution in [3.63, 3.8) is 0 Å². The maximum Gasteiger partial charge on any atom is 0.227 e. The van der Waals surface area contributed by atoms with Gasteiger partial charge >= 0.3 is 0 Å². The number of hydrogen-bond donors (Lipinski definition) is 1. The lowest BCUT2D eigenvalue weighted by atomic mass is 9.98. The number of likely N-dealkylation sites (tertiary alicyclic amines) is 1. The zero-order chi connectivity index (χ0) is 13.0. The first-order valence-electron chi connectivity index (χ1n) is 6.28. The van der Waals surface area contributed by atoms with E-state index in [1.54, 1.807) is 18.4 Å². The number of carbonyl (C=O) groups is 1. The van der Waals surface area contributed by atoms with Crippen molar-refractivity contribution in [2.24, 2.45) is 5.73 Å². The Labute approximate surface area is 112 Å². The monoisotopic (exact) mass is 268 g/mol. The molecule has 1 aliphatic heterocycles. The predicted molar refractivity (Wildman–Crippen MR) is 72.6 cm³/mol. The van der Waals surface area contributed by atoms with Crippen LogP contribution in [0, 0.1) is 0 Å². The molecule has 1 aromatic rings. The third-order valence-electron chi connectivity index (χ3n) is 3.53. The van der Waals surface area contributed by atoms with Crippen molar-refractivity contribution in [1.82, 2.24) is 4.90 Å². The highest BCUT2D eigenvalue weighted by Crippen LogP contribution is 2.20. The van der Waals surface area contributed by atoms with Gasteiger partial charge in [0.25, 0.3) is 0 Å². The Kier molecular flexibility index (Phi) is 4.74. The second-order valence-electron chi connectivity index (χ2n) is 4.67. The molecule has 0 saturated carbocycles. The molecule has 2 N–H and O–H groups in total. The lowest BCUT2D eigenvalue weighted by Gasteiger charge is -2.38. The Morgan fingerprint density at radius 1 is 1.67 bits per heavy atom. The fourth-order valence-corrected chi connectivity index (χ4v) is 3.12. The molecule has 0 bridgehead atoms. The van der Waals surface area contributed by atoms with Gasteiger partial charge in [-0.15, -0.1) is 0 Å². The number of amides is 1. The van der Waals surface area contributed by atoms with Crippen LogP contribution in [0.1, 0.15) is 18.4 Å². The van der Waals surface area contributed by atoms with Crippen LogP contribution in [0.4, 0.5) is 0 Å². The molecule has 2 rings (SSSR count). The van der Waals surface area contributed by atoms with Crippen molar-refractivity contribution in [3.8, 4) is 0 Å². The molecule has 4 nitrogen and oxygen atoms in total. The van der Waals surface area contributed by atoms with Crippen LogP contribution < -0.4 is 5.73 Å². The van der Waals surface area contributed by atoms with E-state index in [-0.39, 0.29) is 18.1 Å². The molecule has 0 spiro atoms. The van der Waals surface area contributed by atoms with Crippen LogP contribution >= 0.6 is 11.3 Å². The minimum Gasteiger partial charge on any atom is -0.381 e. The van der Waals surface area contributed by atoms with E-state index >= 15 is 0 Å². The van der Waals surface area contributed by atoms with E-state index in [9.17, 15) is 4.79 Å². The largest absolute Gasteiger partial charge is 0.381 e. The van der Waals surface area contributed by atoms with Gasteiger partial charge in [-0.25, -0.2) is 0 Å². The van der Waals surface area contributed by atoms with Crippen molar-refractivity contribution in [2.45, 2.75) is 31.4 Å². The van der Waals surface area contributed by atoms with Gasteiger partial charge < -0.3 is 15.4 Å². The van der Waals surface area contributed by atoms with Gasteiger partial charge in [0.15, 0.2) is 0 Å². The molecule has 5 heteroatoms. The van der Waals surface area contributed by atoms with E-state index < -0.39 is 0 Å². The summed E-state index contributed by atoms with van der Waals surface area (Å²) < 4.78 is 5.37. The summed E-state index contributed by atoms with van der Waals surface area (Å²) in [5.74, 6) is 0.179. The molecule has 1 saturated heterocycles. The molecule has 1 aromatic heterocycles. The van der Waals surface area contributed by atoms with Gasteiger partial charge in [-0.3, -0.25) is 4.79 Å². The van der Waals surface area contributed by atoms with Crippen molar-refractivity contribution in [2.75, 3.05) is 20.2 Å². The molecule has 1 fully saturated rings. The van der Waals surface area contributed by atoms with Gasteiger partial charge in [-0.1, -0.05) is 0 Å². The van der Waals surface area contributed by atoms with Gasteiger partial charge in [0, 0.05) is 26.2 Å². The minimum atomic E-state index is 0.120. The van der Waals surface area contributed by atoms with E-state index in [4.69, 9.17) is 10.5 Å². The number of nitrogens with zero attached hydrogens (tertiary/aromatic N) is 1. The molecule has 0 radical (unpaired) electrons. The third-order valence-corrected chi connectivity index (χ3v) is 4.26. The fraction of sp³-hybridized carbons (Fsp3) is 0.615. The quantitative estimate of drug-likeness (QED) is 0.894. The molecule has 2 heterocycles. The number of carbonyl (C=O) groups excluding carboxylic acids is 1. The standard InChI is InChI=1S/C13H20N2O2S/c1-17-12-2-4-15(11(7-12)8-14)13(16)6-10-3-5-18-9-10/h3,5,9,11-12H,2,4,6-8,14H2,1H3. The van der Waals surface area contributed by atoms with Crippen molar-refractivity contribution in [3.05, 3.63) is 22.4 Å². The van der Waals surface area contributed by atoms with Crippen LogP contribution in [-0.2, 0) is 16.0 Å². The number of hydrogen-bond acceptors (Lipinski definition) is 4. The lowest BCUT2D eigenvalue weighted by molar-refractivity contribution is -0.136. The van der Waals surface area contributed by atoms with E-state index in [0.29, 0.717) is 13.0 Å². The zero-order valence-electron chi connectivity index (χ0n) is 10.7. The summed E-state index contributed by atoms with van der Waals surface area (Å²) >= 11 is 1.62. The first-order valence-corrected chi connectivity index (χ1v) is 7.22. The molecule has 2 atom stereocenters. The lowest BCUT2D eigenvalue weighted by Crippen LogP contribution is -2.51. The number of methoxy groups -OCH3 is 1. The Morgan fingerprint density at radius 3 is 3.11 bits per heavy atom. The van der Waals surface area contributed by atoms with E-state index in [1.165, 1.54) is 0 Å². The van der Waals surface area contributed by atoms with Crippen molar-refractivity contribution in [1.29, 1.82) is 0 Å². The molecule has 1 amide bonds. The van der Waals surface area contributed by atoms with Gasteiger partial charge in [-0.05, 0) is 35.2 Å². The maximum atomic E-state index is 12.3. The minimum absolute atomic E-state index is 0.120. The fourth-order valence-electron chi connectivity index (χ4n) is 2.45. The number of ether oxygens (including phenoxy) is 1. The van der Waals surface area contributed by atoms with Crippen LogP contribution in [0.25, 0.3) is 0 Å². The van der Waals surface area contributed by atoms with E-state index in [0.717, 1.165) is 24.9 Å². The normalized spacial score (nSPS) is 24.2. The molecule has 18 heavy (non-hydrogen) atoms. The summed E-state index contributed by atoms with van der Waals surface area (Å²) in [5.41, 5.74) is 6.87. The molecule has 0 aliphatic carbocycles. The van der Waals surface area contributed by atoms with Gasteiger partial charge in [0.2, 0.25) is 5.91 Å². The first kappa shape index (κ1) is 13.5. The van der Waals surface area contributed by atoms with Crippen LogP contribution in [-0.4, -0.2) is 43.2 Å². The molecule has 100 valence electrons. The van der Waals surface area contributed by atoms with Crippen LogP contribution in [0.3, 0.4) is 0 Å². The topological polar surface area (TPSA) is 55.6 Å². The molecule has 1 aliphatic rings. The van der Waals surface area contributed by atoms with E-state index in [1.807, 2.05) is 21.7 Å².